The summed E-state index contributed by atoms with van der Waals surface area (Å²) in [6, 6.07) is 11.6. The van der Waals surface area contributed by atoms with Crippen molar-refractivity contribution in [3.8, 4) is 0 Å². The van der Waals surface area contributed by atoms with E-state index in [9.17, 15) is 27.6 Å². The molecule has 1 aliphatic carbocycles. The Bertz CT molecular complexity index is 1280. The van der Waals surface area contributed by atoms with E-state index in [0.29, 0.717) is 31.4 Å². The summed E-state index contributed by atoms with van der Waals surface area (Å²) >= 11 is 0. The Kier molecular flexibility index (Phi) is 7.86. The molecule has 1 fully saturated rings. The highest BCUT2D eigenvalue weighted by Crippen LogP contribution is 2.46. The van der Waals surface area contributed by atoms with Gasteiger partial charge in [0, 0.05) is 24.2 Å². The second-order valence-corrected chi connectivity index (χ2v) is 11.0. The molecule has 2 amide bonds. The quantitative estimate of drug-likeness (QED) is 0.485. The van der Waals surface area contributed by atoms with Crippen molar-refractivity contribution in [3.63, 3.8) is 0 Å². The molecule has 208 valence electrons. The number of rotatable bonds is 8. The molecule has 1 spiro atoms. The average Bonchev–Trinajstić information content (AvgIpc) is 3.15. The van der Waals surface area contributed by atoms with Crippen molar-refractivity contribution in [1.29, 1.82) is 0 Å². The van der Waals surface area contributed by atoms with Crippen LogP contribution in [0.2, 0.25) is 0 Å². The first-order valence-corrected chi connectivity index (χ1v) is 13.0. The van der Waals surface area contributed by atoms with Crippen LogP contribution in [0.4, 0.5) is 13.2 Å². The second-order valence-electron chi connectivity index (χ2n) is 11.0. The van der Waals surface area contributed by atoms with E-state index in [2.05, 4.69) is 19.2 Å². The monoisotopic (exact) mass is 543 g/mol. The van der Waals surface area contributed by atoms with Gasteiger partial charge in [0.1, 0.15) is 11.4 Å². The number of carbonyl (C=O) groups is 3. The predicted molar refractivity (Wildman–Crippen MR) is 139 cm³/mol. The SMILES string of the molecule is CC1(C)CCC2(CC1)N=C(c1cccc(C(F)(F)F)c1)C(=O)N2CCc1ccc(C(=O)NCCC(=O)O)cc1. The third-order valence-corrected chi connectivity index (χ3v) is 7.60. The van der Waals surface area contributed by atoms with Crippen molar-refractivity contribution in [3.05, 3.63) is 70.8 Å². The van der Waals surface area contributed by atoms with Gasteiger partial charge in [-0.3, -0.25) is 19.4 Å². The van der Waals surface area contributed by atoms with Gasteiger partial charge in [0.05, 0.1) is 12.0 Å². The van der Waals surface area contributed by atoms with Crippen molar-refractivity contribution in [2.24, 2.45) is 10.4 Å². The zero-order valence-corrected chi connectivity index (χ0v) is 22.0. The molecule has 2 N–H and O–H groups in total. The average molecular weight is 544 g/mol. The first-order chi connectivity index (χ1) is 18.3. The van der Waals surface area contributed by atoms with Crippen LogP contribution in [0.1, 0.15) is 73.0 Å². The largest absolute Gasteiger partial charge is 0.481 e. The minimum absolute atomic E-state index is 0.0279. The zero-order valence-electron chi connectivity index (χ0n) is 22.0. The van der Waals surface area contributed by atoms with Gasteiger partial charge >= 0.3 is 12.1 Å². The van der Waals surface area contributed by atoms with Crippen LogP contribution >= 0.6 is 0 Å². The number of nitrogens with one attached hydrogen (secondary N) is 1. The maximum atomic E-state index is 13.6. The molecular formula is C29H32F3N3O4. The summed E-state index contributed by atoms with van der Waals surface area (Å²) in [4.78, 5) is 43.0. The Balaban J connectivity index is 1.52. The van der Waals surface area contributed by atoms with Crippen molar-refractivity contribution in [1.82, 2.24) is 10.2 Å². The van der Waals surface area contributed by atoms with E-state index in [4.69, 9.17) is 10.1 Å². The summed E-state index contributed by atoms with van der Waals surface area (Å²) in [5.74, 6) is -1.74. The summed E-state index contributed by atoms with van der Waals surface area (Å²) in [6.45, 7) is 4.69. The Hall–Kier alpha value is -3.69. The normalized spacial score (nSPS) is 18.2. The second kappa shape index (κ2) is 10.8. The number of carboxylic acids is 1. The van der Waals surface area contributed by atoms with E-state index >= 15 is 0 Å². The summed E-state index contributed by atoms with van der Waals surface area (Å²) in [7, 11) is 0. The van der Waals surface area contributed by atoms with E-state index in [1.54, 1.807) is 29.2 Å². The minimum Gasteiger partial charge on any atom is -0.481 e. The number of hydrogen-bond donors (Lipinski definition) is 2. The molecule has 7 nitrogen and oxygen atoms in total. The Labute approximate surface area is 225 Å². The molecule has 2 aromatic carbocycles. The van der Waals surface area contributed by atoms with Gasteiger partial charge in [-0.15, -0.1) is 0 Å². The van der Waals surface area contributed by atoms with E-state index in [-0.39, 0.29) is 41.5 Å². The van der Waals surface area contributed by atoms with Crippen LogP contribution in [0.5, 0.6) is 0 Å². The van der Waals surface area contributed by atoms with Gasteiger partial charge in [0.2, 0.25) is 0 Å². The number of carbonyl (C=O) groups excluding carboxylic acids is 2. The van der Waals surface area contributed by atoms with Gasteiger partial charge in [-0.1, -0.05) is 38.1 Å². The number of aliphatic imine (C=N–C) groups is 1. The number of aliphatic carboxylic acids is 1. The molecule has 0 radical (unpaired) electrons. The molecular weight excluding hydrogens is 511 g/mol. The molecule has 1 aliphatic heterocycles. The zero-order chi connectivity index (χ0) is 28.4. The molecule has 1 saturated carbocycles. The number of alkyl halides is 3. The predicted octanol–water partition coefficient (Wildman–Crippen LogP) is 5.08. The van der Waals surface area contributed by atoms with Crippen LogP contribution in [-0.2, 0) is 22.2 Å². The first-order valence-electron chi connectivity index (χ1n) is 13.0. The van der Waals surface area contributed by atoms with Gasteiger partial charge in [-0.2, -0.15) is 13.2 Å². The van der Waals surface area contributed by atoms with Crippen LogP contribution in [-0.4, -0.2) is 52.3 Å². The lowest BCUT2D eigenvalue weighted by atomic mass is 9.72. The maximum absolute atomic E-state index is 13.6. The summed E-state index contributed by atoms with van der Waals surface area (Å²) < 4.78 is 40.1. The van der Waals surface area contributed by atoms with Gasteiger partial charge < -0.3 is 15.3 Å². The van der Waals surface area contributed by atoms with Crippen molar-refractivity contribution in [2.75, 3.05) is 13.1 Å². The van der Waals surface area contributed by atoms with Crippen molar-refractivity contribution < 1.29 is 32.7 Å². The molecule has 0 atom stereocenters. The van der Waals surface area contributed by atoms with Gasteiger partial charge in [0.15, 0.2) is 0 Å². The number of hydrogen-bond acceptors (Lipinski definition) is 4. The maximum Gasteiger partial charge on any atom is 0.416 e. The fourth-order valence-electron chi connectivity index (χ4n) is 5.13. The standard InChI is InChI=1S/C29H32F3N3O4/c1-27(2)12-14-28(15-13-27)34-24(21-4-3-5-22(18-21)29(30,31)32)26(39)35(28)17-11-19-6-8-20(9-7-19)25(38)33-16-10-23(36)37/h3-9,18H,10-17H2,1-2H3,(H,33,38)(H,36,37). The van der Waals surface area contributed by atoms with Gasteiger partial charge in [0.25, 0.3) is 11.8 Å². The third-order valence-electron chi connectivity index (χ3n) is 7.60. The molecule has 2 aromatic rings. The molecule has 2 aliphatic rings. The first kappa shape index (κ1) is 28.3. The molecule has 39 heavy (non-hydrogen) atoms. The topological polar surface area (TPSA) is 99.1 Å². The van der Waals surface area contributed by atoms with Gasteiger partial charge in [-0.05, 0) is 67.3 Å². The van der Waals surface area contributed by atoms with E-state index in [1.807, 2.05) is 0 Å². The number of nitrogens with zero attached hydrogens (tertiary/aromatic N) is 2. The van der Waals surface area contributed by atoms with E-state index in [1.165, 1.54) is 12.1 Å². The Morgan fingerprint density at radius 2 is 1.72 bits per heavy atom. The third kappa shape index (κ3) is 6.49. The van der Waals surface area contributed by atoms with Crippen molar-refractivity contribution in [2.45, 2.75) is 64.2 Å². The van der Waals surface area contributed by atoms with Crippen LogP contribution in [0.15, 0.2) is 53.5 Å². The Morgan fingerprint density at radius 1 is 1.05 bits per heavy atom. The highest BCUT2D eigenvalue weighted by molar-refractivity contribution is 6.46. The van der Waals surface area contributed by atoms with Crippen molar-refractivity contribution >= 4 is 23.5 Å². The van der Waals surface area contributed by atoms with Crippen LogP contribution in [0.25, 0.3) is 0 Å². The number of carboxylic acid groups (broad SMARTS) is 1. The highest BCUT2D eigenvalue weighted by Gasteiger charge is 2.50. The molecule has 0 saturated heterocycles. The molecule has 1 heterocycles. The number of halogens is 3. The van der Waals surface area contributed by atoms with Crippen LogP contribution in [0.3, 0.4) is 0 Å². The summed E-state index contributed by atoms with van der Waals surface area (Å²) in [6.07, 6.45) is -1.29. The van der Waals surface area contributed by atoms with E-state index < -0.39 is 23.4 Å². The lowest BCUT2D eigenvalue weighted by Gasteiger charge is -2.44. The molecule has 0 bridgehead atoms. The van der Waals surface area contributed by atoms with Crippen LogP contribution < -0.4 is 5.32 Å². The highest BCUT2D eigenvalue weighted by atomic mass is 19.4. The molecule has 0 unspecified atom stereocenters. The Morgan fingerprint density at radius 3 is 2.33 bits per heavy atom. The molecule has 0 aromatic heterocycles. The number of amides is 2. The fourth-order valence-corrected chi connectivity index (χ4v) is 5.13. The molecule has 4 rings (SSSR count). The fraction of sp³-hybridized carbons (Fsp3) is 0.448. The van der Waals surface area contributed by atoms with E-state index in [0.717, 1.165) is 30.5 Å². The van der Waals surface area contributed by atoms with Gasteiger partial charge in [-0.25, -0.2) is 0 Å². The molecule has 10 heteroatoms. The van der Waals surface area contributed by atoms with Crippen LogP contribution in [0, 0.1) is 5.41 Å². The lowest BCUT2D eigenvalue weighted by Crippen LogP contribution is -2.50. The number of benzene rings is 2. The lowest BCUT2D eigenvalue weighted by molar-refractivity contribution is -0.138. The minimum atomic E-state index is -4.52. The summed E-state index contributed by atoms with van der Waals surface area (Å²) in [5, 5.41) is 11.3. The smallest absolute Gasteiger partial charge is 0.416 e. The summed E-state index contributed by atoms with van der Waals surface area (Å²) in [5.41, 5.74) is -0.0183.